The molecule has 0 bridgehead atoms. The van der Waals surface area contributed by atoms with Crippen LogP contribution in [0, 0.1) is 0 Å². The monoisotopic (exact) mass is 756 g/mol. The number of fused-ring (bicyclic) bond motifs is 10. The van der Waals surface area contributed by atoms with Crippen molar-refractivity contribution in [3.8, 4) is 11.4 Å². The van der Waals surface area contributed by atoms with Crippen molar-refractivity contribution in [1.29, 1.82) is 0 Å². The number of benzene rings is 9. The molecule has 0 N–H and O–H groups in total. The van der Waals surface area contributed by atoms with Gasteiger partial charge in [0.15, 0.2) is 8.07 Å². The second kappa shape index (κ2) is 12.8. The van der Waals surface area contributed by atoms with Crippen LogP contribution in [-0.2, 0) is 0 Å². The van der Waals surface area contributed by atoms with Gasteiger partial charge in [0.25, 0.3) is 0 Å². The van der Waals surface area contributed by atoms with E-state index < -0.39 is 8.07 Å². The van der Waals surface area contributed by atoms with Gasteiger partial charge in [-0.2, -0.15) is 0 Å². The summed E-state index contributed by atoms with van der Waals surface area (Å²) in [6.45, 7) is 0. The number of aromatic nitrogens is 2. The van der Waals surface area contributed by atoms with Crippen molar-refractivity contribution >= 4 is 94.4 Å². The third-order valence-electron chi connectivity index (χ3n) is 12.2. The first-order chi connectivity index (χ1) is 28.8. The van der Waals surface area contributed by atoms with Crippen molar-refractivity contribution in [2.45, 2.75) is 0 Å². The molecule has 0 unspecified atom stereocenters. The predicted octanol–water partition coefficient (Wildman–Crippen LogP) is 11.2. The fraction of sp³-hybridized carbons (Fsp3) is 0. The molecule has 3 nitrogen and oxygen atoms in total. The largest absolute Gasteiger partial charge is 0.455 e. The van der Waals surface area contributed by atoms with E-state index in [1.165, 1.54) is 47.9 Å². The van der Waals surface area contributed by atoms with Crippen molar-refractivity contribution < 1.29 is 4.42 Å². The summed E-state index contributed by atoms with van der Waals surface area (Å²) in [5.74, 6) is 0. The average molecular weight is 757 g/mol. The molecule has 12 rings (SSSR count). The van der Waals surface area contributed by atoms with Gasteiger partial charge in [0, 0.05) is 38.3 Å². The highest BCUT2D eigenvalue weighted by Crippen LogP contribution is 2.40. The Bertz CT molecular complexity index is 3470. The van der Waals surface area contributed by atoms with E-state index in [2.05, 4.69) is 221 Å². The Labute approximate surface area is 336 Å². The maximum absolute atomic E-state index is 6.68. The fourth-order valence-corrected chi connectivity index (χ4v) is 14.9. The molecule has 0 aliphatic heterocycles. The summed E-state index contributed by atoms with van der Waals surface area (Å²) in [5, 5.41) is 12.5. The van der Waals surface area contributed by atoms with Gasteiger partial charge in [0.05, 0.1) is 27.5 Å². The standard InChI is InChI=1S/C54H36N2OSi/c1-4-18-37(19-5-1)55-46-29-13-10-27-44(46)52-48(55)31-17-33-51(52)58(39-21-6-2-7-22-39,40-23-8-3-9-24-40)41-25-16-20-38(36-41)56-47-30-14-11-28-45(47)53-49(56)35-34-43-42-26-12-15-32-50(42)57-54(43)53/h1-36H. The molecule has 0 amide bonds. The lowest BCUT2D eigenvalue weighted by Crippen LogP contribution is -2.74. The van der Waals surface area contributed by atoms with Crippen molar-refractivity contribution in [2.75, 3.05) is 0 Å². The first-order valence-corrected chi connectivity index (χ1v) is 21.9. The van der Waals surface area contributed by atoms with Gasteiger partial charge in [-0.15, -0.1) is 0 Å². The zero-order valence-electron chi connectivity index (χ0n) is 31.6. The summed E-state index contributed by atoms with van der Waals surface area (Å²) in [5.41, 5.74) is 8.83. The normalized spacial score (nSPS) is 12.1. The van der Waals surface area contributed by atoms with E-state index in [1.807, 2.05) is 6.07 Å². The van der Waals surface area contributed by atoms with Crippen LogP contribution >= 0.6 is 0 Å². The van der Waals surface area contributed by atoms with Crippen LogP contribution in [0.4, 0.5) is 0 Å². The van der Waals surface area contributed by atoms with Gasteiger partial charge in [-0.1, -0.05) is 158 Å². The van der Waals surface area contributed by atoms with Crippen LogP contribution < -0.4 is 20.7 Å². The van der Waals surface area contributed by atoms with E-state index in [1.54, 1.807) is 0 Å². The highest BCUT2D eigenvalue weighted by Gasteiger charge is 2.43. The van der Waals surface area contributed by atoms with Crippen molar-refractivity contribution in [2.24, 2.45) is 0 Å². The zero-order valence-corrected chi connectivity index (χ0v) is 32.6. The Kier molecular flexibility index (Phi) is 7.25. The first-order valence-electron chi connectivity index (χ1n) is 19.9. The van der Waals surface area contributed by atoms with Crippen LogP contribution in [0.1, 0.15) is 0 Å². The third-order valence-corrected chi connectivity index (χ3v) is 17.0. The summed E-state index contributed by atoms with van der Waals surface area (Å²) in [6, 6.07) is 80.3. The maximum atomic E-state index is 6.68. The second-order valence-electron chi connectivity index (χ2n) is 15.2. The van der Waals surface area contributed by atoms with Crippen LogP contribution in [0.2, 0.25) is 0 Å². The Morgan fingerprint density at radius 3 is 1.53 bits per heavy atom. The lowest BCUT2D eigenvalue weighted by Gasteiger charge is -2.35. The molecule has 3 heterocycles. The quantitative estimate of drug-likeness (QED) is 0.122. The highest BCUT2D eigenvalue weighted by molar-refractivity contribution is 7.20. The number of nitrogens with zero attached hydrogens (tertiary/aromatic N) is 2. The molecule has 0 aliphatic carbocycles. The lowest BCUT2D eigenvalue weighted by molar-refractivity contribution is 0.673. The van der Waals surface area contributed by atoms with Gasteiger partial charge >= 0.3 is 0 Å². The Balaban J connectivity index is 1.20. The van der Waals surface area contributed by atoms with Gasteiger partial charge in [-0.25, -0.2) is 0 Å². The Morgan fingerprint density at radius 2 is 0.828 bits per heavy atom. The van der Waals surface area contributed by atoms with Crippen molar-refractivity contribution in [1.82, 2.24) is 9.13 Å². The number of para-hydroxylation sites is 4. The van der Waals surface area contributed by atoms with E-state index >= 15 is 0 Å². The average Bonchev–Trinajstić information content (AvgIpc) is 3.96. The predicted molar refractivity (Wildman–Crippen MR) is 246 cm³/mol. The molecular formula is C54H36N2OSi. The summed E-state index contributed by atoms with van der Waals surface area (Å²) < 4.78 is 11.6. The molecule has 58 heavy (non-hydrogen) atoms. The molecule has 0 radical (unpaired) electrons. The first kappa shape index (κ1) is 32.8. The molecule has 0 saturated carbocycles. The van der Waals surface area contributed by atoms with Crippen molar-refractivity contribution in [3.63, 3.8) is 0 Å². The number of hydrogen-bond acceptors (Lipinski definition) is 1. The molecule has 9 aromatic carbocycles. The molecule has 272 valence electrons. The maximum Gasteiger partial charge on any atom is 0.180 e. The van der Waals surface area contributed by atoms with E-state index in [0.29, 0.717) is 0 Å². The van der Waals surface area contributed by atoms with E-state index in [0.717, 1.165) is 49.7 Å². The van der Waals surface area contributed by atoms with Crippen LogP contribution in [0.3, 0.4) is 0 Å². The Morgan fingerprint density at radius 1 is 0.328 bits per heavy atom. The topological polar surface area (TPSA) is 23.0 Å². The molecule has 0 atom stereocenters. The summed E-state index contributed by atoms with van der Waals surface area (Å²) in [4.78, 5) is 0. The van der Waals surface area contributed by atoms with Gasteiger partial charge in [0.1, 0.15) is 11.2 Å². The molecule has 0 aliphatic rings. The minimum absolute atomic E-state index is 0.910. The smallest absolute Gasteiger partial charge is 0.180 e. The van der Waals surface area contributed by atoms with Gasteiger partial charge < -0.3 is 13.6 Å². The van der Waals surface area contributed by atoms with Crippen LogP contribution in [0.25, 0.3) is 76.9 Å². The zero-order chi connectivity index (χ0) is 38.2. The van der Waals surface area contributed by atoms with Crippen LogP contribution in [-0.4, -0.2) is 17.2 Å². The number of furan rings is 1. The molecule has 3 aromatic heterocycles. The molecule has 12 aromatic rings. The number of hydrogen-bond donors (Lipinski definition) is 0. The van der Waals surface area contributed by atoms with E-state index in [-0.39, 0.29) is 0 Å². The molecule has 0 spiro atoms. The third kappa shape index (κ3) is 4.61. The van der Waals surface area contributed by atoms with Gasteiger partial charge in [0.2, 0.25) is 0 Å². The van der Waals surface area contributed by atoms with Gasteiger partial charge in [-0.05, 0) is 81.4 Å². The van der Waals surface area contributed by atoms with E-state index in [4.69, 9.17) is 4.42 Å². The molecule has 4 heteroatoms. The number of rotatable bonds is 6. The second-order valence-corrected chi connectivity index (χ2v) is 19.0. The summed E-state index contributed by atoms with van der Waals surface area (Å²) in [6.07, 6.45) is 0. The molecular weight excluding hydrogens is 721 g/mol. The van der Waals surface area contributed by atoms with Crippen LogP contribution in [0.15, 0.2) is 223 Å². The van der Waals surface area contributed by atoms with Crippen molar-refractivity contribution in [3.05, 3.63) is 218 Å². The summed E-state index contributed by atoms with van der Waals surface area (Å²) in [7, 11) is -3.06. The Hall–Kier alpha value is -7.40. The molecule has 0 saturated heterocycles. The van der Waals surface area contributed by atoms with E-state index in [9.17, 15) is 0 Å². The lowest BCUT2D eigenvalue weighted by atomic mass is 10.1. The van der Waals surface area contributed by atoms with Crippen LogP contribution in [0.5, 0.6) is 0 Å². The minimum Gasteiger partial charge on any atom is -0.455 e. The minimum atomic E-state index is -3.06. The fourth-order valence-electron chi connectivity index (χ4n) is 9.92. The molecule has 0 fully saturated rings. The van der Waals surface area contributed by atoms with Gasteiger partial charge in [-0.3, -0.25) is 0 Å². The summed E-state index contributed by atoms with van der Waals surface area (Å²) >= 11 is 0. The highest BCUT2D eigenvalue weighted by atomic mass is 28.3. The SMILES string of the molecule is c1ccc(-n2c3ccccc3c3c([Si](c4ccccc4)(c4ccccc4)c4cccc(-n5c6ccccc6c6c7oc8ccccc8c7ccc65)c4)cccc32)cc1.